The molecule has 2 heterocycles. The minimum Gasteiger partial charge on any atom is -0.353 e. The van der Waals surface area contributed by atoms with Crippen molar-refractivity contribution in [2.45, 2.75) is 17.6 Å². The molecule has 0 amide bonds. The maximum Gasteiger partial charge on any atom is 0.165 e. The Labute approximate surface area is 206 Å². The van der Waals surface area contributed by atoms with Gasteiger partial charge in [-0.1, -0.05) is 127 Å². The first kappa shape index (κ1) is 20.1. The molecular weight excluding hydrogens is 424 g/mol. The SMILES string of the molecule is c1ccc(C[C@@]2(c3ccccc3)c3ccccc3[C@@]3(c4ccccc4)Nc4ccccc4N23)cc1. The highest BCUT2D eigenvalue weighted by molar-refractivity contribution is 5.87. The standard InChI is InChI=1S/C33H26N2/c1-4-14-25(15-5-1)24-32(26-16-6-2-7-17-26)28-20-10-11-21-29(28)33(27-18-8-3-9-19-27)34-30-22-12-13-23-31(30)35(32)33/h1-23,34H,24H2/t32-,33+/m1/s1. The molecule has 0 unspecified atom stereocenters. The van der Waals surface area contributed by atoms with Crippen LogP contribution < -0.4 is 10.2 Å². The van der Waals surface area contributed by atoms with Crippen LogP contribution in [-0.2, 0) is 17.6 Å². The van der Waals surface area contributed by atoms with Gasteiger partial charge in [-0.2, -0.15) is 0 Å². The lowest BCUT2D eigenvalue weighted by atomic mass is 9.77. The van der Waals surface area contributed by atoms with Crippen molar-refractivity contribution in [2.75, 3.05) is 10.2 Å². The van der Waals surface area contributed by atoms with Gasteiger partial charge in [0.05, 0.1) is 16.9 Å². The maximum absolute atomic E-state index is 4.02. The van der Waals surface area contributed by atoms with Gasteiger partial charge in [-0.3, -0.25) is 0 Å². The molecule has 0 radical (unpaired) electrons. The van der Waals surface area contributed by atoms with Gasteiger partial charge in [-0.25, -0.2) is 0 Å². The van der Waals surface area contributed by atoms with Gasteiger partial charge < -0.3 is 10.2 Å². The second-order valence-electron chi connectivity index (χ2n) is 9.49. The summed E-state index contributed by atoms with van der Waals surface area (Å²) in [6.07, 6.45) is 0.861. The van der Waals surface area contributed by atoms with E-state index in [1.807, 2.05) is 0 Å². The molecule has 0 saturated carbocycles. The summed E-state index contributed by atoms with van der Waals surface area (Å²) in [4.78, 5) is 2.66. The number of hydrogen-bond donors (Lipinski definition) is 1. The molecule has 0 aliphatic carbocycles. The quantitative estimate of drug-likeness (QED) is 0.309. The third-order valence-electron chi connectivity index (χ3n) is 7.69. The molecule has 0 aromatic heterocycles. The average Bonchev–Trinajstić information content (AvgIpc) is 3.41. The third-order valence-corrected chi connectivity index (χ3v) is 7.69. The van der Waals surface area contributed by atoms with Gasteiger partial charge in [-0.15, -0.1) is 0 Å². The Morgan fingerprint density at radius 1 is 0.514 bits per heavy atom. The van der Waals surface area contributed by atoms with E-state index in [9.17, 15) is 0 Å². The zero-order valence-electron chi connectivity index (χ0n) is 19.4. The Bertz CT molecular complexity index is 1500. The molecule has 2 nitrogen and oxygen atoms in total. The van der Waals surface area contributed by atoms with Crippen molar-refractivity contribution in [1.82, 2.24) is 0 Å². The van der Waals surface area contributed by atoms with Crippen LogP contribution in [0.1, 0.15) is 27.8 Å². The predicted octanol–water partition coefficient (Wildman–Crippen LogP) is 7.32. The summed E-state index contributed by atoms with van der Waals surface area (Å²) in [5, 5.41) is 4.02. The topological polar surface area (TPSA) is 15.3 Å². The molecule has 2 heteroatoms. The second kappa shape index (κ2) is 7.61. The number of para-hydroxylation sites is 2. The number of anilines is 2. The smallest absolute Gasteiger partial charge is 0.165 e. The van der Waals surface area contributed by atoms with Crippen LogP contribution in [0.15, 0.2) is 140 Å². The Hall–Kier alpha value is -4.30. The van der Waals surface area contributed by atoms with Crippen molar-refractivity contribution >= 4 is 11.4 Å². The number of nitrogens with zero attached hydrogens (tertiary/aromatic N) is 1. The summed E-state index contributed by atoms with van der Waals surface area (Å²) in [7, 11) is 0. The van der Waals surface area contributed by atoms with Gasteiger partial charge in [0.25, 0.3) is 0 Å². The molecule has 5 aromatic carbocycles. The number of rotatable bonds is 4. The van der Waals surface area contributed by atoms with Crippen LogP contribution in [0.25, 0.3) is 0 Å². The molecule has 0 saturated heterocycles. The largest absolute Gasteiger partial charge is 0.353 e. The van der Waals surface area contributed by atoms with E-state index in [0.29, 0.717) is 0 Å². The molecule has 0 bridgehead atoms. The van der Waals surface area contributed by atoms with Crippen molar-refractivity contribution in [3.63, 3.8) is 0 Å². The van der Waals surface area contributed by atoms with Gasteiger partial charge in [0.1, 0.15) is 0 Å². The summed E-state index contributed by atoms with van der Waals surface area (Å²) in [5.41, 5.74) is 8.01. The molecule has 5 aromatic rings. The lowest BCUT2D eigenvalue weighted by molar-refractivity contribution is 0.440. The fourth-order valence-electron chi connectivity index (χ4n) is 6.37. The van der Waals surface area contributed by atoms with Crippen LogP contribution in [0.2, 0.25) is 0 Å². The number of benzene rings is 5. The van der Waals surface area contributed by atoms with E-state index < -0.39 is 11.2 Å². The Morgan fingerprint density at radius 2 is 1.06 bits per heavy atom. The molecule has 35 heavy (non-hydrogen) atoms. The number of fused-ring (bicyclic) bond motifs is 5. The average molecular weight is 451 g/mol. The van der Waals surface area contributed by atoms with E-state index in [2.05, 4.69) is 150 Å². The Balaban J connectivity index is 1.62. The van der Waals surface area contributed by atoms with Gasteiger partial charge >= 0.3 is 0 Å². The van der Waals surface area contributed by atoms with Crippen LogP contribution in [0, 0.1) is 0 Å². The van der Waals surface area contributed by atoms with Gasteiger partial charge in [-0.05, 0) is 28.8 Å². The minimum absolute atomic E-state index is 0.394. The monoisotopic (exact) mass is 450 g/mol. The molecule has 2 aliphatic heterocycles. The fraction of sp³-hybridized carbons (Fsp3) is 0.0909. The molecule has 0 spiro atoms. The summed E-state index contributed by atoms with van der Waals surface area (Å²) in [6.45, 7) is 0. The number of hydrogen-bond acceptors (Lipinski definition) is 2. The normalized spacial score (nSPS) is 21.7. The molecule has 1 N–H and O–H groups in total. The Morgan fingerprint density at radius 3 is 1.77 bits per heavy atom. The van der Waals surface area contributed by atoms with Crippen molar-refractivity contribution in [3.8, 4) is 0 Å². The molecular formula is C33H26N2. The van der Waals surface area contributed by atoms with Crippen LogP contribution >= 0.6 is 0 Å². The summed E-state index contributed by atoms with van der Waals surface area (Å²) < 4.78 is 0. The summed E-state index contributed by atoms with van der Waals surface area (Å²) >= 11 is 0. The molecule has 168 valence electrons. The fourth-order valence-corrected chi connectivity index (χ4v) is 6.37. The van der Waals surface area contributed by atoms with Crippen LogP contribution in [0.3, 0.4) is 0 Å². The van der Waals surface area contributed by atoms with Gasteiger partial charge in [0.15, 0.2) is 5.66 Å². The zero-order chi connectivity index (χ0) is 23.3. The second-order valence-corrected chi connectivity index (χ2v) is 9.49. The van der Waals surface area contributed by atoms with Crippen molar-refractivity contribution in [3.05, 3.63) is 167 Å². The zero-order valence-corrected chi connectivity index (χ0v) is 19.4. The summed E-state index contributed by atoms with van der Waals surface area (Å²) in [6, 6.07) is 50.6. The van der Waals surface area contributed by atoms with E-state index in [1.165, 1.54) is 39.2 Å². The summed E-state index contributed by atoms with van der Waals surface area (Å²) in [5.74, 6) is 0. The molecule has 0 fully saturated rings. The van der Waals surface area contributed by atoms with E-state index in [-0.39, 0.29) is 0 Å². The van der Waals surface area contributed by atoms with E-state index in [1.54, 1.807) is 0 Å². The maximum atomic E-state index is 4.02. The van der Waals surface area contributed by atoms with Crippen molar-refractivity contribution in [1.29, 1.82) is 0 Å². The first-order valence-electron chi connectivity index (χ1n) is 12.3. The van der Waals surface area contributed by atoms with Crippen molar-refractivity contribution < 1.29 is 0 Å². The van der Waals surface area contributed by atoms with E-state index in [0.717, 1.165) is 6.42 Å². The highest BCUT2D eigenvalue weighted by Gasteiger charge is 2.63. The third kappa shape index (κ3) is 2.71. The van der Waals surface area contributed by atoms with Gasteiger partial charge in [0, 0.05) is 17.5 Å². The highest BCUT2D eigenvalue weighted by Crippen LogP contribution is 2.63. The lowest BCUT2D eigenvalue weighted by Crippen LogP contribution is -2.54. The predicted molar refractivity (Wildman–Crippen MR) is 144 cm³/mol. The van der Waals surface area contributed by atoms with Crippen LogP contribution in [0.5, 0.6) is 0 Å². The van der Waals surface area contributed by atoms with E-state index >= 15 is 0 Å². The molecule has 7 rings (SSSR count). The molecule has 2 aliphatic rings. The lowest BCUT2D eigenvalue weighted by Gasteiger charge is -2.46. The van der Waals surface area contributed by atoms with Crippen molar-refractivity contribution in [2.24, 2.45) is 0 Å². The van der Waals surface area contributed by atoms with E-state index in [4.69, 9.17) is 0 Å². The Kier molecular flexibility index (Phi) is 4.37. The molecule has 2 atom stereocenters. The first-order valence-corrected chi connectivity index (χ1v) is 12.3. The first-order chi connectivity index (χ1) is 17.3. The number of nitrogens with one attached hydrogen (secondary N) is 1. The minimum atomic E-state index is -0.508. The highest BCUT2D eigenvalue weighted by atomic mass is 15.4. The van der Waals surface area contributed by atoms with Crippen LogP contribution in [0.4, 0.5) is 11.4 Å². The van der Waals surface area contributed by atoms with Crippen LogP contribution in [-0.4, -0.2) is 0 Å². The van der Waals surface area contributed by atoms with Gasteiger partial charge in [0.2, 0.25) is 0 Å².